The van der Waals surface area contributed by atoms with Crippen LogP contribution in [0.25, 0.3) is 5.69 Å². The molecule has 6 heteroatoms. The molecule has 0 amide bonds. The number of halogens is 4. The first kappa shape index (κ1) is 17.2. The van der Waals surface area contributed by atoms with Crippen LogP contribution in [0.2, 0.25) is 5.02 Å². The van der Waals surface area contributed by atoms with Crippen molar-refractivity contribution in [3.05, 3.63) is 88.0 Å². The van der Waals surface area contributed by atoms with Crippen LogP contribution in [-0.4, -0.2) is 4.57 Å². The van der Waals surface area contributed by atoms with E-state index in [-0.39, 0.29) is 11.6 Å². The van der Waals surface area contributed by atoms with Crippen LogP contribution in [0.4, 0.5) is 13.2 Å². The molecule has 26 heavy (non-hydrogen) atoms. The molecule has 0 saturated heterocycles. The number of rotatable bonds is 2. The lowest BCUT2D eigenvalue weighted by Crippen LogP contribution is -2.21. The number of alkyl halides is 2. The number of nitrogens with zero attached hydrogens (tertiary/aromatic N) is 1. The van der Waals surface area contributed by atoms with Crippen molar-refractivity contribution in [1.82, 2.24) is 9.88 Å². The number of hydrogen-bond acceptors (Lipinski definition) is 1. The Morgan fingerprint density at radius 3 is 2.58 bits per heavy atom. The van der Waals surface area contributed by atoms with E-state index in [1.807, 2.05) is 22.9 Å². The molecule has 1 N–H and O–H groups in total. The fourth-order valence-corrected chi connectivity index (χ4v) is 3.66. The molecule has 1 atom stereocenters. The Labute approximate surface area is 154 Å². The number of benzene rings is 2. The summed E-state index contributed by atoms with van der Waals surface area (Å²) >= 11 is 6.24. The zero-order valence-electron chi connectivity index (χ0n) is 13.9. The van der Waals surface area contributed by atoms with Crippen molar-refractivity contribution in [1.29, 1.82) is 0 Å². The topological polar surface area (TPSA) is 17.0 Å². The Morgan fingerprint density at radius 1 is 1.15 bits per heavy atom. The average Bonchev–Trinajstić information content (AvgIpc) is 2.99. The van der Waals surface area contributed by atoms with E-state index < -0.39 is 11.7 Å². The van der Waals surface area contributed by atoms with Crippen molar-refractivity contribution in [2.24, 2.45) is 0 Å². The van der Waals surface area contributed by atoms with Crippen molar-refractivity contribution in [3.63, 3.8) is 0 Å². The van der Waals surface area contributed by atoms with Gasteiger partial charge in [0.2, 0.25) is 0 Å². The van der Waals surface area contributed by atoms with Crippen LogP contribution in [0, 0.1) is 5.82 Å². The number of fused-ring (bicyclic) bond motifs is 3. The molecule has 4 rings (SSSR count). The van der Waals surface area contributed by atoms with Gasteiger partial charge in [-0.3, -0.25) is 0 Å². The molecular formula is C20H16ClF3N2. The Hall–Kier alpha value is -2.24. The van der Waals surface area contributed by atoms with Crippen LogP contribution in [0.5, 0.6) is 0 Å². The standard InChI is InChI=1S/C20H16ClF3N2/c1-20(23,24)13-6-4-12(5-7-13)19-17-3-2-8-26(17)18-10-14(22)9-16(21)15(18)11-25-19/h2-10,19,25H,11H2,1H3. The van der Waals surface area contributed by atoms with E-state index in [0.29, 0.717) is 17.3 Å². The molecule has 2 aromatic carbocycles. The molecule has 1 aromatic heterocycles. The van der Waals surface area contributed by atoms with E-state index in [0.717, 1.165) is 23.7 Å². The van der Waals surface area contributed by atoms with Crippen LogP contribution in [-0.2, 0) is 12.5 Å². The van der Waals surface area contributed by atoms with Gasteiger partial charge in [-0.05, 0) is 29.8 Å². The number of aromatic nitrogens is 1. The number of nitrogens with one attached hydrogen (secondary N) is 1. The molecule has 0 saturated carbocycles. The average molecular weight is 377 g/mol. The second kappa shape index (κ2) is 6.18. The summed E-state index contributed by atoms with van der Waals surface area (Å²) in [4.78, 5) is 0. The van der Waals surface area contributed by atoms with Gasteiger partial charge in [0, 0.05) is 36.5 Å². The summed E-state index contributed by atoms with van der Waals surface area (Å²) < 4.78 is 42.7. The van der Waals surface area contributed by atoms with E-state index in [4.69, 9.17) is 11.6 Å². The summed E-state index contributed by atoms with van der Waals surface area (Å²) in [7, 11) is 0. The molecule has 2 heterocycles. The van der Waals surface area contributed by atoms with Crippen LogP contribution < -0.4 is 5.32 Å². The van der Waals surface area contributed by atoms with Crippen molar-refractivity contribution >= 4 is 11.6 Å². The van der Waals surface area contributed by atoms with Crippen molar-refractivity contribution < 1.29 is 13.2 Å². The van der Waals surface area contributed by atoms with Gasteiger partial charge in [0.1, 0.15) is 5.82 Å². The molecule has 3 aromatic rings. The highest BCUT2D eigenvalue weighted by atomic mass is 35.5. The molecular weight excluding hydrogens is 361 g/mol. The fourth-order valence-electron chi connectivity index (χ4n) is 3.39. The monoisotopic (exact) mass is 376 g/mol. The Kier molecular flexibility index (Phi) is 4.09. The quantitative estimate of drug-likeness (QED) is 0.618. The zero-order chi connectivity index (χ0) is 18.5. The molecule has 0 bridgehead atoms. The van der Waals surface area contributed by atoms with Gasteiger partial charge in [0.25, 0.3) is 5.92 Å². The second-order valence-electron chi connectivity index (χ2n) is 6.51. The van der Waals surface area contributed by atoms with Gasteiger partial charge < -0.3 is 9.88 Å². The predicted molar refractivity (Wildman–Crippen MR) is 95.4 cm³/mol. The smallest absolute Gasteiger partial charge is 0.270 e. The minimum atomic E-state index is -2.88. The predicted octanol–water partition coefficient (Wildman–Crippen LogP) is 5.57. The molecule has 0 spiro atoms. The van der Waals surface area contributed by atoms with E-state index in [9.17, 15) is 13.2 Å². The zero-order valence-corrected chi connectivity index (χ0v) is 14.7. The van der Waals surface area contributed by atoms with Gasteiger partial charge in [-0.2, -0.15) is 0 Å². The fraction of sp³-hybridized carbons (Fsp3) is 0.200. The van der Waals surface area contributed by atoms with Gasteiger partial charge >= 0.3 is 0 Å². The van der Waals surface area contributed by atoms with Crippen molar-refractivity contribution in [2.45, 2.75) is 25.4 Å². The largest absolute Gasteiger partial charge is 0.318 e. The third-order valence-corrected chi connectivity index (χ3v) is 5.04. The van der Waals surface area contributed by atoms with E-state index >= 15 is 0 Å². The summed E-state index contributed by atoms with van der Waals surface area (Å²) in [5, 5.41) is 3.76. The third kappa shape index (κ3) is 2.91. The maximum Gasteiger partial charge on any atom is 0.270 e. The first-order valence-electron chi connectivity index (χ1n) is 8.22. The molecule has 0 fully saturated rings. The molecule has 1 unspecified atom stereocenters. The lowest BCUT2D eigenvalue weighted by atomic mass is 10.0. The Balaban J connectivity index is 1.79. The molecule has 1 aliphatic rings. The van der Waals surface area contributed by atoms with Crippen LogP contribution in [0.1, 0.15) is 35.3 Å². The summed E-state index contributed by atoms with van der Waals surface area (Å²) in [5.41, 5.74) is 3.19. The van der Waals surface area contributed by atoms with Gasteiger partial charge in [0.15, 0.2) is 0 Å². The summed E-state index contributed by atoms with van der Waals surface area (Å²) in [6.45, 7) is 1.32. The third-order valence-electron chi connectivity index (χ3n) is 4.71. The summed E-state index contributed by atoms with van der Waals surface area (Å²) in [5.74, 6) is -3.28. The highest BCUT2D eigenvalue weighted by Gasteiger charge is 2.27. The molecule has 1 aliphatic heterocycles. The van der Waals surface area contributed by atoms with E-state index in [2.05, 4.69) is 5.32 Å². The van der Waals surface area contributed by atoms with E-state index in [1.54, 1.807) is 12.1 Å². The lowest BCUT2D eigenvalue weighted by molar-refractivity contribution is 0.0174. The van der Waals surface area contributed by atoms with Gasteiger partial charge in [-0.25, -0.2) is 13.2 Å². The normalized spacial score (nSPS) is 16.7. The number of hydrogen-bond donors (Lipinski definition) is 1. The van der Waals surface area contributed by atoms with Gasteiger partial charge in [-0.1, -0.05) is 35.9 Å². The van der Waals surface area contributed by atoms with Crippen molar-refractivity contribution in [3.8, 4) is 5.69 Å². The minimum absolute atomic E-state index is 0.0290. The molecule has 2 nitrogen and oxygen atoms in total. The second-order valence-corrected chi connectivity index (χ2v) is 6.92. The van der Waals surface area contributed by atoms with Crippen LogP contribution in [0.3, 0.4) is 0 Å². The highest BCUT2D eigenvalue weighted by molar-refractivity contribution is 6.31. The lowest BCUT2D eigenvalue weighted by Gasteiger charge is -2.19. The van der Waals surface area contributed by atoms with Crippen molar-refractivity contribution in [2.75, 3.05) is 0 Å². The van der Waals surface area contributed by atoms with E-state index in [1.165, 1.54) is 24.3 Å². The first-order valence-corrected chi connectivity index (χ1v) is 8.59. The molecule has 134 valence electrons. The van der Waals surface area contributed by atoms with Gasteiger partial charge in [-0.15, -0.1) is 0 Å². The summed E-state index contributed by atoms with van der Waals surface area (Å²) in [6.07, 6.45) is 1.85. The van der Waals surface area contributed by atoms with Gasteiger partial charge in [0.05, 0.1) is 16.8 Å². The Bertz CT molecular complexity index is 958. The maximum atomic E-state index is 13.9. The Morgan fingerprint density at radius 2 is 1.88 bits per heavy atom. The molecule has 0 aliphatic carbocycles. The van der Waals surface area contributed by atoms with Crippen LogP contribution >= 0.6 is 11.6 Å². The SMILES string of the molecule is CC(F)(F)c1ccc(C2NCc3c(Cl)cc(F)cc3-n3cccc32)cc1. The summed E-state index contributed by atoms with van der Waals surface area (Å²) in [6, 6.07) is 12.6. The molecule has 0 radical (unpaired) electrons. The highest BCUT2D eigenvalue weighted by Crippen LogP contribution is 2.35. The minimum Gasteiger partial charge on any atom is -0.318 e. The van der Waals surface area contributed by atoms with Crippen LogP contribution in [0.15, 0.2) is 54.7 Å². The maximum absolute atomic E-state index is 13.9. The first-order chi connectivity index (χ1) is 12.3.